The third kappa shape index (κ3) is 8.71. The van der Waals surface area contributed by atoms with Gasteiger partial charge in [0.25, 0.3) is 0 Å². The Kier molecular flexibility index (Phi) is 8.83. The second-order valence-electron chi connectivity index (χ2n) is 3.33. The van der Waals surface area contributed by atoms with Crippen LogP contribution < -0.4 is 0 Å². The molecular formula is C9H19FO5. The maximum absolute atomic E-state index is 11.8. The van der Waals surface area contributed by atoms with Crippen molar-refractivity contribution in [3.8, 4) is 0 Å². The van der Waals surface area contributed by atoms with Crippen molar-refractivity contribution in [1.82, 2.24) is 0 Å². The second kappa shape index (κ2) is 8.99. The van der Waals surface area contributed by atoms with Gasteiger partial charge in [-0.25, -0.2) is 4.39 Å². The van der Waals surface area contributed by atoms with Gasteiger partial charge in [0.2, 0.25) is 0 Å². The molecular weight excluding hydrogens is 207 g/mol. The summed E-state index contributed by atoms with van der Waals surface area (Å²) in [5, 5.41) is 26.6. The van der Waals surface area contributed by atoms with Crippen LogP contribution in [0.3, 0.4) is 0 Å². The SMILES string of the molecule is CC(O)COCC(CO)OCC(O)CF. The van der Waals surface area contributed by atoms with Gasteiger partial charge in [-0.3, -0.25) is 0 Å². The smallest absolute Gasteiger partial charge is 0.118 e. The molecule has 0 aliphatic rings. The van der Waals surface area contributed by atoms with Gasteiger partial charge in [0, 0.05) is 0 Å². The van der Waals surface area contributed by atoms with Crippen LogP contribution in [0.2, 0.25) is 0 Å². The zero-order valence-corrected chi connectivity index (χ0v) is 8.80. The van der Waals surface area contributed by atoms with Gasteiger partial charge in [-0.05, 0) is 6.92 Å². The zero-order valence-electron chi connectivity index (χ0n) is 8.80. The molecule has 0 heterocycles. The number of ether oxygens (including phenoxy) is 2. The summed E-state index contributed by atoms with van der Waals surface area (Å²) in [6, 6.07) is 0. The van der Waals surface area contributed by atoms with Crippen molar-refractivity contribution in [3.63, 3.8) is 0 Å². The summed E-state index contributed by atoms with van der Waals surface area (Å²) in [4.78, 5) is 0. The Bertz CT molecular complexity index is 144. The molecule has 3 unspecified atom stereocenters. The average Bonchev–Trinajstić information content (AvgIpc) is 2.22. The average molecular weight is 226 g/mol. The number of hydrogen-bond donors (Lipinski definition) is 3. The molecule has 6 heteroatoms. The molecule has 92 valence electrons. The first-order valence-corrected chi connectivity index (χ1v) is 4.82. The van der Waals surface area contributed by atoms with E-state index < -0.39 is 25.0 Å². The molecule has 3 atom stereocenters. The van der Waals surface area contributed by atoms with Crippen LogP contribution in [-0.4, -0.2) is 66.7 Å². The summed E-state index contributed by atoms with van der Waals surface area (Å²) in [7, 11) is 0. The molecule has 0 aliphatic carbocycles. The summed E-state index contributed by atoms with van der Waals surface area (Å²) in [6.45, 7) is 0.471. The number of alkyl halides is 1. The van der Waals surface area contributed by atoms with Crippen LogP contribution in [0.1, 0.15) is 6.92 Å². The Hall–Kier alpha value is -0.270. The van der Waals surface area contributed by atoms with Crippen LogP contribution in [0.15, 0.2) is 0 Å². The number of halogens is 1. The first-order valence-electron chi connectivity index (χ1n) is 4.82. The Morgan fingerprint density at radius 3 is 2.33 bits per heavy atom. The molecule has 0 aromatic heterocycles. The highest BCUT2D eigenvalue weighted by molar-refractivity contribution is 4.58. The van der Waals surface area contributed by atoms with E-state index in [0.29, 0.717) is 0 Å². The van der Waals surface area contributed by atoms with Gasteiger partial charge >= 0.3 is 0 Å². The zero-order chi connectivity index (χ0) is 11.7. The third-order valence-corrected chi connectivity index (χ3v) is 1.57. The van der Waals surface area contributed by atoms with E-state index >= 15 is 0 Å². The van der Waals surface area contributed by atoms with Crippen LogP contribution in [0.25, 0.3) is 0 Å². The molecule has 0 aliphatic heterocycles. The van der Waals surface area contributed by atoms with Crippen molar-refractivity contribution in [3.05, 3.63) is 0 Å². The third-order valence-electron chi connectivity index (χ3n) is 1.57. The van der Waals surface area contributed by atoms with Crippen LogP contribution in [0.5, 0.6) is 0 Å². The molecule has 0 rings (SSSR count). The van der Waals surface area contributed by atoms with Crippen molar-refractivity contribution >= 4 is 0 Å². The minimum absolute atomic E-state index is 0.0976. The Labute approximate surface area is 88.4 Å². The highest BCUT2D eigenvalue weighted by atomic mass is 19.1. The van der Waals surface area contributed by atoms with Gasteiger partial charge in [0.1, 0.15) is 18.9 Å². The largest absolute Gasteiger partial charge is 0.394 e. The summed E-state index contributed by atoms with van der Waals surface area (Å²) >= 11 is 0. The lowest BCUT2D eigenvalue weighted by Gasteiger charge is -2.17. The fourth-order valence-electron chi connectivity index (χ4n) is 0.815. The van der Waals surface area contributed by atoms with E-state index in [1.807, 2.05) is 0 Å². The highest BCUT2D eigenvalue weighted by Gasteiger charge is 2.11. The lowest BCUT2D eigenvalue weighted by atomic mass is 10.3. The van der Waals surface area contributed by atoms with Crippen LogP contribution in [-0.2, 0) is 9.47 Å². The van der Waals surface area contributed by atoms with Crippen molar-refractivity contribution in [2.24, 2.45) is 0 Å². The number of rotatable bonds is 9. The van der Waals surface area contributed by atoms with Gasteiger partial charge in [0.15, 0.2) is 0 Å². The van der Waals surface area contributed by atoms with Gasteiger partial charge < -0.3 is 24.8 Å². The molecule has 0 saturated heterocycles. The summed E-state index contributed by atoms with van der Waals surface area (Å²) in [5.74, 6) is 0. The first kappa shape index (κ1) is 14.7. The van der Waals surface area contributed by atoms with Crippen LogP contribution >= 0.6 is 0 Å². The topological polar surface area (TPSA) is 79.2 Å². The van der Waals surface area contributed by atoms with Crippen molar-refractivity contribution in [1.29, 1.82) is 0 Å². The van der Waals surface area contributed by atoms with Crippen LogP contribution in [0.4, 0.5) is 4.39 Å². The van der Waals surface area contributed by atoms with E-state index in [0.717, 1.165) is 0 Å². The number of hydrogen-bond acceptors (Lipinski definition) is 5. The standard InChI is InChI=1S/C9H19FO5/c1-7(12)4-14-6-9(3-11)15-5-8(13)2-10/h7-9,11-13H,2-6H2,1H3. The number of aliphatic hydroxyl groups is 3. The molecule has 0 saturated carbocycles. The molecule has 15 heavy (non-hydrogen) atoms. The van der Waals surface area contributed by atoms with Crippen molar-refractivity contribution in [2.45, 2.75) is 25.2 Å². The van der Waals surface area contributed by atoms with Gasteiger partial charge in [-0.1, -0.05) is 0 Å². The van der Waals surface area contributed by atoms with Crippen molar-refractivity contribution in [2.75, 3.05) is 33.1 Å². The first-order chi connectivity index (χ1) is 7.10. The van der Waals surface area contributed by atoms with Gasteiger partial charge in [-0.15, -0.1) is 0 Å². The molecule has 0 spiro atoms. The molecule has 0 radical (unpaired) electrons. The van der Waals surface area contributed by atoms with Crippen molar-refractivity contribution < 1.29 is 29.2 Å². The lowest BCUT2D eigenvalue weighted by Crippen LogP contribution is -2.30. The minimum atomic E-state index is -1.17. The van der Waals surface area contributed by atoms with Gasteiger partial charge in [-0.2, -0.15) is 0 Å². The predicted molar refractivity (Wildman–Crippen MR) is 51.3 cm³/mol. The maximum Gasteiger partial charge on any atom is 0.118 e. The summed E-state index contributed by atoms with van der Waals surface area (Å²) in [5.41, 5.74) is 0. The maximum atomic E-state index is 11.8. The monoisotopic (exact) mass is 226 g/mol. The molecule has 0 aromatic carbocycles. The van der Waals surface area contributed by atoms with E-state index in [-0.39, 0.29) is 26.4 Å². The molecule has 3 N–H and O–H groups in total. The Morgan fingerprint density at radius 1 is 1.20 bits per heavy atom. The normalized spacial score (nSPS) is 17.4. The lowest BCUT2D eigenvalue weighted by molar-refractivity contribution is -0.0794. The number of aliphatic hydroxyl groups excluding tert-OH is 3. The minimum Gasteiger partial charge on any atom is -0.394 e. The van der Waals surface area contributed by atoms with E-state index in [9.17, 15) is 4.39 Å². The van der Waals surface area contributed by atoms with E-state index in [1.165, 1.54) is 0 Å². The molecule has 0 aromatic rings. The summed E-state index contributed by atoms with van der Waals surface area (Å²) < 4.78 is 21.8. The van der Waals surface area contributed by atoms with Crippen LogP contribution in [0, 0.1) is 0 Å². The molecule has 5 nitrogen and oxygen atoms in total. The molecule has 0 fully saturated rings. The summed E-state index contributed by atoms with van der Waals surface area (Å²) in [6.07, 6.45) is -2.36. The predicted octanol–water partition coefficient (Wildman–Crippen LogP) is -0.908. The Balaban J connectivity index is 3.54. The van der Waals surface area contributed by atoms with Gasteiger partial charge in [0.05, 0.1) is 32.5 Å². The Morgan fingerprint density at radius 2 is 1.87 bits per heavy atom. The van der Waals surface area contributed by atoms with E-state index in [1.54, 1.807) is 6.92 Å². The second-order valence-corrected chi connectivity index (χ2v) is 3.33. The quantitative estimate of drug-likeness (QED) is 0.474. The van der Waals surface area contributed by atoms with E-state index in [2.05, 4.69) is 0 Å². The van der Waals surface area contributed by atoms with E-state index in [4.69, 9.17) is 24.8 Å². The fraction of sp³-hybridized carbons (Fsp3) is 1.00. The fourth-order valence-corrected chi connectivity index (χ4v) is 0.815. The molecule has 0 amide bonds. The molecule has 0 bridgehead atoms. The highest BCUT2D eigenvalue weighted by Crippen LogP contribution is 1.96.